The lowest BCUT2D eigenvalue weighted by molar-refractivity contribution is -0.116. The van der Waals surface area contributed by atoms with E-state index in [4.69, 9.17) is 4.52 Å². The molecular formula is C22H25N3O2S. The SMILES string of the molecule is CCc1noc(CCCC(=O)Nc2ccc(Sc3ccc(C)c(C)c3)cc2)n1. The van der Waals surface area contributed by atoms with E-state index in [1.54, 1.807) is 11.8 Å². The van der Waals surface area contributed by atoms with Crippen LogP contribution in [0.5, 0.6) is 0 Å². The number of aryl methyl sites for hydroxylation is 4. The van der Waals surface area contributed by atoms with Crippen molar-refractivity contribution >= 4 is 23.4 Å². The van der Waals surface area contributed by atoms with E-state index in [0.29, 0.717) is 31.0 Å². The number of hydrogen-bond acceptors (Lipinski definition) is 5. The first-order chi connectivity index (χ1) is 13.5. The first-order valence-corrected chi connectivity index (χ1v) is 10.3. The topological polar surface area (TPSA) is 68.0 Å². The van der Waals surface area contributed by atoms with Gasteiger partial charge in [-0.2, -0.15) is 4.98 Å². The molecule has 1 heterocycles. The van der Waals surface area contributed by atoms with E-state index in [9.17, 15) is 4.79 Å². The van der Waals surface area contributed by atoms with Crippen molar-refractivity contribution < 1.29 is 9.32 Å². The molecule has 0 spiro atoms. The molecular weight excluding hydrogens is 370 g/mol. The Morgan fingerprint density at radius 3 is 2.50 bits per heavy atom. The Balaban J connectivity index is 1.46. The average Bonchev–Trinajstić information content (AvgIpc) is 3.14. The van der Waals surface area contributed by atoms with Gasteiger partial charge in [0.25, 0.3) is 0 Å². The van der Waals surface area contributed by atoms with Crippen LogP contribution in [0.4, 0.5) is 5.69 Å². The molecule has 0 unspecified atom stereocenters. The minimum Gasteiger partial charge on any atom is -0.339 e. The number of hydrogen-bond donors (Lipinski definition) is 1. The lowest BCUT2D eigenvalue weighted by Crippen LogP contribution is -2.11. The van der Waals surface area contributed by atoms with Crippen molar-refractivity contribution in [2.45, 2.75) is 56.2 Å². The minimum atomic E-state index is -0.00945. The highest BCUT2D eigenvalue weighted by Crippen LogP contribution is 2.29. The van der Waals surface area contributed by atoms with Gasteiger partial charge in [-0.15, -0.1) is 0 Å². The molecule has 2 aromatic carbocycles. The lowest BCUT2D eigenvalue weighted by Gasteiger charge is -2.07. The summed E-state index contributed by atoms with van der Waals surface area (Å²) in [4.78, 5) is 18.7. The smallest absolute Gasteiger partial charge is 0.226 e. The molecule has 1 aromatic heterocycles. The van der Waals surface area contributed by atoms with Crippen molar-refractivity contribution in [1.29, 1.82) is 0 Å². The molecule has 3 rings (SSSR count). The number of aromatic nitrogens is 2. The summed E-state index contributed by atoms with van der Waals surface area (Å²) in [6.45, 7) is 6.22. The summed E-state index contributed by atoms with van der Waals surface area (Å²) >= 11 is 1.72. The first-order valence-electron chi connectivity index (χ1n) is 9.50. The predicted octanol–water partition coefficient (Wildman–Crippen LogP) is 5.36. The summed E-state index contributed by atoms with van der Waals surface area (Å²) in [5.41, 5.74) is 3.40. The van der Waals surface area contributed by atoms with E-state index in [1.807, 2.05) is 31.2 Å². The number of rotatable bonds is 8. The van der Waals surface area contributed by atoms with Gasteiger partial charge in [-0.25, -0.2) is 0 Å². The summed E-state index contributed by atoms with van der Waals surface area (Å²) < 4.78 is 5.14. The van der Waals surface area contributed by atoms with Gasteiger partial charge in [-0.1, -0.05) is 29.9 Å². The van der Waals surface area contributed by atoms with E-state index < -0.39 is 0 Å². The zero-order valence-electron chi connectivity index (χ0n) is 16.5. The molecule has 0 atom stereocenters. The van der Waals surface area contributed by atoms with E-state index in [0.717, 1.165) is 17.0 Å². The Morgan fingerprint density at radius 2 is 1.82 bits per heavy atom. The zero-order valence-corrected chi connectivity index (χ0v) is 17.3. The van der Waals surface area contributed by atoms with Crippen LogP contribution < -0.4 is 5.32 Å². The van der Waals surface area contributed by atoms with Gasteiger partial charge in [0.2, 0.25) is 11.8 Å². The van der Waals surface area contributed by atoms with Gasteiger partial charge in [-0.05, 0) is 67.8 Å². The largest absolute Gasteiger partial charge is 0.339 e. The third-order valence-corrected chi connectivity index (χ3v) is 5.47. The second-order valence-corrected chi connectivity index (χ2v) is 7.88. The normalized spacial score (nSPS) is 10.8. The van der Waals surface area contributed by atoms with Crippen LogP contribution >= 0.6 is 11.8 Å². The Morgan fingerprint density at radius 1 is 1.07 bits per heavy atom. The molecule has 28 heavy (non-hydrogen) atoms. The fourth-order valence-electron chi connectivity index (χ4n) is 2.68. The standard InChI is InChI=1S/C22H25N3O2S/c1-4-20-24-22(27-25-20)7-5-6-21(26)23-17-9-12-18(13-10-17)28-19-11-8-15(2)16(3)14-19/h8-14H,4-7H2,1-3H3,(H,23,26). The molecule has 0 aliphatic heterocycles. The summed E-state index contributed by atoms with van der Waals surface area (Å²) in [6.07, 6.45) is 2.47. The molecule has 0 radical (unpaired) electrons. The second-order valence-electron chi connectivity index (χ2n) is 6.73. The molecule has 0 bridgehead atoms. The molecule has 146 valence electrons. The Kier molecular flexibility index (Phi) is 6.87. The van der Waals surface area contributed by atoms with Gasteiger partial charge in [0.1, 0.15) is 0 Å². The minimum absolute atomic E-state index is 0.00945. The van der Waals surface area contributed by atoms with Crippen LogP contribution in [0.2, 0.25) is 0 Å². The third-order valence-electron chi connectivity index (χ3n) is 4.47. The number of nitrogens with zero attached hydrogens (tertiary/aromatic N) is 2. The molecule has 0 fully saturated rings. The zero-order chi connectivity index (χ0) is 19.9. The summed E-state index contributed by atoms with van der Waals surface area (Å²) in [6, 6.07) is 14.4. The van der Waals surface area contributed by atoms with Crippen molar-refractivity contribution in [3.8, 4) is 0 Å². The van der Waals surface area contributed by atoms with E-state index in [2.05, 4.69) is 47.5 Å². The van der Waals surface area contributed by atoms with Crippen LogP contribution in [0.3, 0.4) is 0 Å². The van der Waals surface area contributed by atoms with E-state index >= 15 is 0 Å². The number of benzene rings is 2. The molecule has 1 N–H and O–H groups in total. The summed E-state index contributed by atoms with van der Waals surface area (Å²) in [7, 11) is 0. The van der Waals surface area contributed by atoms with Gasteiger partial charge in [0.05, 0.1) is 0 Å². The van der Waals surface area contributed by atoms with Crippen molar-refractivity contribution in [2.75, 3.05) is 5.32 Å². The van der Waals surface area contributed by atoms with E-state index in [-0.39, 0.29) is 5.91 Å². The molecule has 0 aliphatic rings. The maximum absolute atomic E-state index is 12.1. The van der Waals surface area contributed by atoms with Gasteiger partial charge in [0.15, 0.2) is 5.82 Å². The van der Waals surface area contributed by atoms with Gasteiger partial charge < -0.3 is 9.84 Å². The molecule has 0 aliphatic carbocycles. The fraction of sp³-hybridized carbons (Fsp3) is 0.318. The Bertz CT molecular complexity index is 935. The monoisotopic (exact) mass is 395 g/mol. The van der Waals surface area contributed by atoms with Crippen LogP contribution in [-0.4, -0.2) is 16.0 Å². The molecule has 6 heteroatoms. The van der Waals surface area contributed by atoms with Gasteiger partial charge in [0, 0.05) is 34.7 Å². The number of amides is 1. The first kappa shape index (κ1) is 20.1. The fourth-order valence-corrected chi connectivity index (χ4v) is 3.59. The summed E-state index contributed by atoms with van der Waals surface area (Å²) in [5, 5.41) is 6.80. The Hall–Kier alpha value is -2.60. The third kappa shape index (κ3) is 5.70. The number of carbonyl (C=O) groups is 1. The van der Waals surface area contributed by atoms with Gasteiger partial charge in [-0.3, -0.25) is 4.79 Å². The van der Waals surface area contributed by atoms with Crippen LogP contribution in [0.1, 0.15) is 42.6 Å². The predicted molar refractivity (Wildman–Crippen MR) is 112 cm³/mol. The maximum atomic E-state index is 12.1. The average molecular weight is 396 g/mol. The molecule has 1 amide bonds. The highest BCUT2D eigenvalue weighted by Gasteiger charge is 2.07. The maximum Gasteiger partial charge on any atom is 0.226 e. The lowest BCUT2D eigenvalue weighted by atomic mass is 10.1. The van der Waals surface area contributed by atoms with Gasteiger partial charge >= 0.3 is 0 Å². The Labute approximate surface area is 169 Å². The van der Waals surface area contributed by atoms with Crippen molar-refractivity contribution in [3.05, 3.63) is 65.3 Å². The summed E-state index contributed by atoms with van der Waals surface area (Å²) in [5.74, 6) is 1.29. The van der Waals surface area contributed by atoms with Crippen LogP contribution in [-0.2, 0) is 17.6 Å². The molecule has 5 nitrogen and oxygen atoms in total. The number of nitrogens with one attached hydrogen (secondary N) is 1. The number of carbonyl (C=O) groups excluding carboxylic acids is 1. The van der Waals surface area contributed by atoms with Crippen molar-refractivity contribution in [3.63, 3.8) is 0 Å². The van der Waals surface area contributed by atoms with Crippen LogP contribution in [0, 0.1) is 13.8 Å². The molecule has 3 aromatic rings. The highest BCUT2D eigenvalue weighted by molar-refractivity contribution is 7.99. The van der Waals surface area contributed by atoms with Crippen LogP contribution in [0.25, 0.3) is 0 Å². The second kappa shape index (κ2) is 9.55. The van der Waals surface area contributed by atoms with Crippen molar-refractivity contribution in [1.82, 2.24) is 10.1 Å². The number of anilines is 1. The quantitative estimate of drug-likeness (QED) is 0.556. The van der Waals surface area contributed by atoms with Crippen LogP contribution in [0.15, 0.2) is 56.8 Å². The van der Waals surface area contributed by atoms with Crippen molar-refractivity contribution in [2.24, 2.45) is 0 Å². The van der Waals surface area contributed by atoms with E-state index in [1.165, 1.54) is 16.0 Å². The highest BCUT2D eigenvalue weighted by atomic mass is 32.2. The molecule has 0 saturated carbocycles. The molecule has 0 saturated heterocycles.